The Morgan fingerprint density at radius 3 is 2.44 bits per heavy atom. The molecular weight excluding hydrogens is 402 g/mol. The lowest BCUT2D eigenvalue weighted by Gasteiger charge is -2.26. The van der Waals surface area contributed by atoms with Gasteiger partial charge in [-0.25, -0.2) is 4.99 Å². The van der Waals surface area contributed by atoms with Crippen LogP contribution in [0.1, 0.15) is 34.0 Å². The smallest absolute Gasteiger partial charge is 0.253 e. The van der Waals surface area contributed by atoms with E-state index in [0.717, 1.165) is 50.9 Å². The van der Waals surface area contributed by atoms with Gasteiger partial charge in [-0.2, -0.15) is 0 Å². The van der Waals surface area contributed by atoms with E-state index in [1.165, 1.54) is 11.1 Å². The number of ether oxygens (including phenoxy) is 1. The summed E-state index contributed by atoms with van der Waals surface area (Å²) in [4.78, 5) is 20.8. The summed E-state index contributed by atoms with van der Waals surface area (Å²) in [5.74, 6) is 0.787. The summed E-state index contributed by atoms with van der Waals surface area (Å²) in [7, 11) is 3.52. The van der Waals surface area contributed by atoms with Crippen molar-refractivity contribution in [2.24, 2.45) is 4.99 Å². The van der Waals surface area contributed by atoms with Gasteiger partial charge < -0.3 is 20.3 Å². The van der Waals surface area contributed by atoms with Crippen LogP contribution < -0.4 is 10.6 Å². The van der Waals surface area contributed by atoms with Gasteiger partial charge in [0.1, 0.15) is 0 Å². The zero-order valence-corrected chi connectivity index (χ0v) is 19.4. The molecule has 0 unspecified atom stereocenters. The molecule has 1 aliphatic heterocycles. The molecule has 3 rings (SSSR count). The number of hydrogen-bond donors (Lipinski definition) is 2. The second-order valence-electron chi connectivity index (χ2n) is 8.15. The third-order valence-electron chi connectivity index (χ3n) is 5.33. The molecule has 0 radical (unpaired) electrons. The molecule has 32 heavy (non-hydrogen) atoms. The van der Waals surface area contributed by atoms with Crippen molar-refractivity contribution in [3.8, 4) is 0 Å². The molecule has 2 N–H and O–H groups in total. The van der Waals surface area contributed by atoms with Gasteiger partial charge in [0.2, 0.25) is 0 Å². The number of morpholine rings is 1. The molecule has 0 aromatic heterocycles. The topological polar surface area (TPSA) is 69.2 Å². The molecular formula is C25H35N5O2. The molecule has 1 aliphatic rings. The number of guanidine groups is 1. The average Bonchev–Trinajstić information content (AvgIpc) is 2.81. The van der Waals surface area contributed by atoms with Crippen LogP contribution in [0.3, 0.4) is 0 Å². The van der Waals surface area contributed by atoms with Crippen LogP contribution in [0.4, 0.5) is 0 Å². The van der Waals surface area contributed by atoms with Gasteiger partial charge in [-0.1, -0.05) is 36.4 Å². The van der Waals surface area contributed by atoms with E-state index < -0.39 is 0 Å². The first kappa shape index (κ1) is 23.8. The van der Waals surface area contributed by atoms with Crippen molar-refractivity contribution >= 4 is 11.9 Å². The lowest BCUT2D eigenvalue weighted by Crippen LogP contribution is -2.36. The minimum atomic E-state index is 0.00950. The maximum atomic E-state index is 12.0. The molecule has 0 atom stereocenters. The van der Waals surface area contributed by atoms with Crippen molar-refractivity contribution in [3.63, 3.8) is 0 Å². The minimum Gasteiger partial charge on any atom is -0.379 e. The number of carbonyl (C=O) groups is 1. The molecule has 0 saturated carbocycles. The Labute approximate surface area is 191 Å². The van der Waals surface area contributed by atoms with Crippen LogP contribution >= 0.6 is 0 Å². The van der Waals surface area contributed by atoms with Gasteiger partial charge in [-0.15, -0.1) is 0 Å². The number of benzene rings is 2. The van der Waals surface area contributed by atoms with Gasteiger partial charge in [-0.3, -0.25) is 9.69 Å². The number of rotatable bonds is 8. The van der Waals surface area contributed by atoms with Crippen LogP contribution in [-0.4, -0.2) is 68.6 Å². The van der Waals surface area contributed by atoms with E-state index in [-0.39, 0.29) is 5.91 Å². The Morgan fingerprint density at radius 1 is 1.03 bits per heavy atom. The number of nitrogens with one attached hydrogen (secondary N) is 2. The van der Waals surface area contributed by atoms with E-state index in [2.05, 4.69) is 46.7 Å². The molecule has 1 amide bonds. The second-order valence-corrected chi connectivity index (χ2v) is 8.15. The Kier molecular flexibility index (Phi) is 9.07. The summed E-state index contributed by atoms with van der Waals surface area (Å²) in [6.45, 7) is 8.66. The van der Waals surface area contributed by atoms with Crippen LogP contribution in [0.5, 0.6) is 0 Å². The molecule has 0 aliphatic carbocycles. The van der Waals surface area contributed by atoms with Crippen LogP contribution in [-0.2, 0) is 24.4 Å². The van der Waals surface area contributed by atoms with Crippen molar-refractivity contribution in [1.82, 2.24) is 20.4 Å². The van der Waals surface area contributed by atoms with Crippen LogP contribution in [0.25, 0.3) is 0 Å². The quantitative estimate of drug-likeness (QED) is 0.491. The predicted molar refractivity (Wildman–Crippen MR) is 129 cm³/mol. The summed E-state index contributed by atoms with van der Waals surface area (Å²) >= 11 is 0. The summed E-state index contributed by atoms with van der Waals surface area (Å²) in [6.07, 6.45) is 0. The molecule has 7 heteroatoms. The fourth-order valence-electron chi connectivity index (χ4n) is 3.57. The average molecular weight is 438 g/mol. The SMILES string of the molecule is CCNC(=NCc1cccc(CN2CCOCC2)c1)NCc1ccc(C(=O)N(C)C)cc1. The maximum Gasteiger partial charge on any atom is 0.253 e. The predicted octanol–water partition coefficient (Wildman–Crippen LogP) is 2.48. The highest BCUT2D eigenvalue weighted by Crippen LogP contribution is 2.11. The summed E-state index contributed by atoms with van der Waals surface area (Å²) in [6, 6.07) is 16.3. The number of amides is 1. The molecule has 2 aromatic rings. The van der Waals surface area contributed by atoms with Gasteiger partial charge in [0, 0.05) is 52.4 Å². The van der Waals surface area contributed by atoms with Crippen molar-refractivity contribution < 1.29 is 9.53 Å². The molecule has 0 bridgehead atoms. The lowest BCUT2D eigenvalue weighted by atomic mass is 10.1. The van der Waals surface area contributed by atoms with Gasteiger partial charge in [-0.05, 0) is 35.7 Å². The van der Waals surface area contributed by atoms with Crippen LogP contribution in [0, 0.1) is 0 Å². The molecule has 0 spiro atoms. The second kappa shape index (κ2) is 12.2. The van der Waals surface area contributed by atoms with Crippen LogP contribution in [0.2, 0.25) is 0 Å². The minimum absolute atomic E-state index is 0.00950. The Hall–Kier alpha value is -2.90. The first-order valence-electron chi connectivity index (χ1n) is 11.3. The molecule has 7 nitrogen and oxygen atoms in total. The summed E-state index contributed by atoms with van der Waals surface area (Å²) in [5.41, 5.74) is 4.29. The van der Waals surface area contributed by atoms with E-state index in [1.807, 2.05) is 24.3 Å². The zero-order valence-electron chi connectivity index (χ0n) is 19.4. The molecule has 172 valence electrons. The Morgan fingerprint density at radius 2 is 1.75 bits per heavy atom. The van der Waals surface area contributed by atoms with Gasteiger partial charge in [0.25, 0.3) is 5.91 Å². The monoisotopic (exact) mass is 437 g/mol. The van der Waals surface area contributed by atoms with Crippen molar-refractivity contribution in [2.75, 3.05) is 46.9 Å². The van der Waals surface area contributed by atoms with Crippen LogP contribution in [0.15, 0.2) is 53.5 Å². The first-order valence-corrected chi connectivity index (χ1v) is 11.3. The van der Waals surface area contributed by atoms with E-state index in [1.54, 1.807) is 19.0 Å². The summed E-state index contributed by atoms with van der Waals surface area (Å²) in [5, 5.41) is 6.68. The number of aliphatic imine (C=N–C) groups is 1. The van der Waals surface area contributed by atoms with Gasteiger partial charge in [0.05, 0.1) is 19.8 Å². The molecule has 1 heterocycles. The number of hydrogen-bond acceptors (Lipinski definition) is 4. The van der Waals surface area contributed by atoms with Crippen molar-refractivity contribution in [3.05, 3.63) is 70.8 Å². The largest absolute Gasteiger partial charge is 0.379 e. The first-order chi connectivity index (χ1) is 15.5. The normalized spacial score (nSPS) is 14.8. The fourth-order valence-corrected chi connectivity index (χ4v) is 3.57. The zero-order chi connectivity index (χ0) is 22.8. The molecule has 1 saturated heterocycles. The molecule has 2 aromatic carbocycles. The highest BCUT2D eigenvalue weighted by molar-refractivity contribution is 5.93. The fraction of sp³-hybridized carbons (Fsp3) is 0.440. The van der Waals surface area contributed by atoms with Crippen molar-refractivity contribution in [2.45, 2.75) is 26.6 Å². The van der Waals surface area contributed by atoms with E-state index in [4.69, 9.17) is 9.73 Å². The van der Waals surface area contributed by atoms with E-state index in [9.17, 15) is 4.79 Å². The molecule has 1 fully saturated rings. The van der Waals surface area contributed by atoms with E-state index >= 15 is 0 Å². The third kappa shape index (κ3) is 7.35. The summed E-state index contributed by atoms with van der Waals surface area (Å²) < 4.78 is 5.44. The van der Waals surface area contributed by atoms with Gasteiger partial charge >= 0.3 is 0 Å². The highest BCUT2D eigenvalue weighted by Gasteiger charge is 2.11. The standard InChI is InChI=1S/C25H35N5O2/c1-4-26-25(27-17-20-8-10-23(11-9-20)24(31)29(2)3)28-18-21-6-5-7-22(16-21)19-30-12-14-32-15-13-30/h5-11,16H,4,12-15,17-19H2,1-3H3,(H2,26,27,28). The lowest BCUT2D eigenvalue weighted by molar-refractivity contribution is 0.0342. The van der Waals surface area contributed by atoms with Gasteiger partial charge in [0.15, 0.2) is 5.96 Å². The Balaban J connectivity index is 1.56. The highest BCUT2D eigenvalue weighted by atomic mass is 16.5. The third-order valence-corrected chi connectivity index (χ3v) is 5.33. The van der Waals surface area contributed by atoms with Crippen molar-refractivity contribution in [1.29, 1.82) is 0 Å². The number of carbonyl (C=O) groups excluding carboxylic acids is 1. The maximum absolute atomic E-state index is 12.0. The van der Waals surface area contributed by atoms with E-state index in [0.29, 0.717) is 18.7 Å². The number of nitrogens with zero attached hydrogens (tertiary/aromatic N) is 3. The Bertz CT molecular complexity index is 889.